The summed E-state index contributed by atoms with van der Waals surface area (Å²) in [4.78, 5) is 4.05. The van der Waals surface area contributed by atoms with Crippen molar-refractivity contribution in [3.05, 3.63) is 5.82 Å². The van der Waals surface area contributed by atoms with E-state index in [4.69, 9.17) is 5.11 Å². The van der Waals surface area contributed by atoms with Gasteiger partial charge in [-0.1, -0.05) is 20.8 Å². The highest BCUT2D eigenvalue weighted by molar-refractivity contribution is 7.09. The molecule has 1 aromatic rings. The Morgan fingerprint density at radius 3 is 2.35 bits per heavy atom. The third-order valence-electron chi connectivity index (χ3n) is 1.92. The van der Waals surface area contributed by atoms with Crippen molar-refractivity contribution in [1.29, 1.82) is 0 Å². The lowest BCUT2D eigenvalue weighted by Gasteiger charge is -2.14. The highest BCUT2D eigenvalue weighted by atomic mass is 32.1. The van der Waals surface area contributed by atoms with E-state index in [0.29, 0.717) is 5.82 Å². The third-order valence-corrected chi connectivity index (χ3v) is 2.59. The van der Waals surface area contributed by atoms with Crippen molar-refractivity contribution in [3.8, 4) is 0 Å². The molecule has 8 heteroatoms. The van der Waals surface area contributed by atoms with Gasteiger partial charge in [-0.25, -0.2) is 4.98 Å². The molecule has 1 heterocycles. The number of aromatic nitrogens is 2. The Kier molecular flexibility index (Phi) is 3.98. The Balaban J connectivity index is 2.57. The Morgan fingerprint density at radius 1 is 1.35 bits per heavy atom. The minimum absolute atomic E-state index is 0.251. The molecule has 0 amide bonds. The monoisotopic (exact) mass is 269 g/mol. The van der Waals surface area contributed by atoms with Crippen molar-refractivity contribution < 1.29 is 18.3 Å². The quantitative estimate of drug-likeness (QED) is 0.883. The van der Waals surface area contributed by atoms with Gasteiger partial charge in [0.15, 0.2) is 6.10 Å². The Labute approximate surface area is 101 Å². The number of nitrogens with zero attached hydrogens (tertiary/aromatic N) is 2. The first-order chi connectivity index (χ1) is 7.60. The van der Waals surface area contributed by atoms with Crippen LogP contribution < -0.4 is 5.32 Å². The predicted octanol–water partition coefficient (Wildman–Crippen LogP) is 2.17. The minimum atomic E-state index is -4.62. The van der Waals surface area contributed by atoms with Crippen molar-refractivity contribution in [2.45, 2.75) is 38.5 Å². The number of alkyl halides is 3. The van der Waals surface area contributed by atoms with Crippen molar-refractivity contribution in [2.75, 3.05) is 11.9 Å². The van der Waals surface area contributed by atoms with Gasteiger partial charge in [-0.05, 0) is 0 Å². The second-order valence-corrected chi connectivity index (χ2v) is 5.36. The SMILES string of the molecule is CC(C)(C)c1nsc(NCC(O)C(F)(F)F)n1. The highest BCUT2D eigenvalue weighted by Gasteiger charge is 2.38. The number of halogens is 3. The second-order valence-electron chi connectivity index (χ2n) is 4.61. The average Bonchev–Trinajstić information content (AvgIpc) is 2.59. The van der Waals surface area contributed by atoms with Gasteiger partial charge < -0.3 is 10.4 Å². The maximum Gasteiger partial charge on any atom is 0.416 e. The normalized spacial score (nSPS) is 14.8. The molecule has 0 aliphatic heterocycles. The van der Waals surface area contributed by atoms with Crippen LogP contribution >= 0.6 is 11.5 Å². The van der Waals surface area contributed by atoms with Gasteiger partial charge in [-0.2, -0.15) is 17.5 Å². The summed E-state index contributed by atoms with van der Waals surface area (Å²) in [5, 5.41) is 11.5. The van der Waals surface area contributed by atoms with E-state index in [-0.39, 0.29) is 10.5 Å². The topological polar surface area (TPSA) is 58.0 Å². The molecule has 17 heavy (non-hydrogen) atoms. The summed E-state index contributed by atoms with van der Waals surface area (Å²) in [7, 11) is 0. The van der Waals surface area contributed by atoms with E-state index in [1.807, 2.05) is 20.8 Å². The summed E-state index contributed by atoms with van der Waals surface area (Å²) in [6, 6.07) is 0. The predicted molar refractivity (Wildman–Crippen MR) is 59.2 cm³/mol. The molecule has 1 unspecified atom stereocenters. The van der Waals surface area contributed by atoms with Crippen LogP contribution in [0.4, 0.5) is 18.3 Å². The summed E-state index contributed by atoms with van der Waals surface area (Å²) in [5.41, 5.74) is -0.251. The average molecular weight is 269 g/mol. The Hall–Kier alpha value is -0.890. The first kappa shape index (κ1) is 14.2. The van der Waals surface area contributed by atoms with Crippen molar-refractivity contribution in [1.82, 2.24) is 9.36 Å². The Bertz CT molecular complexity index is 372. The van der Waals surface area contributed by atoms with E-state index in [9.17, 15) is 13.2 Å². The molecule has 0 aliphatic rings. The fraction of sp³-hybridized carbons (Fsp3) is 0.778. The van der Waals surface area contributed by atoms with Gasteiger partial charge in [-0.3, -0.25) is 0 Å². The zero-order valence-electron chi connectivity index (χ0n) is 9.67. The molecule has 98 valence electrons. The van der Waals surface area contributed by atoms with Crippen LogP contribution in [-0.2, 0) is 5.41 Å². The number of hydrogen-bond donors (Lipinski definition) is 2. The summed E-state index contributed by atoms with van der Waals surface area (Å²) < 4.78 is 40.1. The number of rotatable bonds is 3. The molecule has 2 N–H and O–H groups in total. The molecule has 0 spiro atoms. The molecule has 0 saturated carbocycles. The van der Waals surface area contributed by atoms with Gasteiger partial charge in [0.2, 0.25) is 5.13 Å². The van der Waals surface area contributed by atoms with E-state index < -0.39 is 18.8 Å². The van der Waals surface area contributed by atoms with Crippen LogP contribution in [0.1, 0.15) is 26.6 Å². The van der Waals surface area contributed by atoms with Crippen LogP contribution in [0.2, 0.25) is 0 Å². The summed E-state index contributed by atoms with van der Waals surface area (Å²) in [5.74, 6) is 0.562. The molecule has 0 saturated heterocycles. The lowest BCUT2D eigenvalue weighted by atomic mass is 9.96. The standard InChI is InChI=1S/C9H14F3N3OS/c1-8(2,3)6-14-7(17-15-6)13-4-5(16)9(10,11)12/h5,16H,4H2,1-3H3,(H,13,14,15). The summed E-state index contributed by atoms with van der Waals surface area (Å²) in [6.07, 6.45) is -7.02. The van der Waals surface area contributed by atoms with Crippen molar-refractivity contribution in [3.63, 3.8) is 0 Å². The van der Waals surface area contributed by atoms with Crippen molar-refractivity contribution >= 4 is 16.7 Å². The van der Waals surface area contributed by atoms with E-state index >= 15 is 0 Å². The van der Waals surface area contributed by atoms with Crippen LogP contribution in [0.15, 0.2) is 0 Å². The van der Waals surface area contributed by atoms with Gasteiger partial charge in [-0.15, -0.1) is 0 Å². The third kappa shape index (κ3) is 4.12. The number of aliphatic hydroxyl groups excluding tert-OH is 1. The van der Waals surface area contributed by atoms with Crippen LogP contribution in [-0.4, -0.2) is 33.3 Å². The van der Waals surface area contributed by atoms with Gasteiger partial charge in [0.05, 0.1) is 6.54 Å². The van der Waals surface area contributed by atoms with Crippen LogP contribution in [0.5, 0.6) is 0 Å². The minimum Gasteiger partial charge on any atom is -0.382 e. The van der Waals surface area contributed by atoms with Crippen LogP contribution in [0.3, 0.4) is 0 Å². The van der Waals surface area contributed by atoms with E-state index in [1.165, 1.54) is 0 Å². The van der Waals surface area contributed by atoms with Gasteiger partial charge >= 0.3 is 6.18 Å². The fourth-order valence-electron chi connectivity index (χ4n) is 0.900. The Morgan fingerprint density at radius 2 is 1.94 bits per heavy atom. The molecule has 1 atom stereocenters. The van der Waals surface area contributed by atoms with Gasteiger partial charge in [0.1, 0.15) is 5.82 Å². The van der Waals surface area contributed by atoms with E-state index in [1.54, 1.807) is 0 Å². The maximum absolute atomic E-state index is 12.0. The molecule has 0 bridgehead atoms. The second kappa shape index (κ2) is 4.77. The zero-order valence-corrected chi connectivity index (χ0v) is 10.5. The molecule has 1 aromatic heterocycles. The maximum atomic E-state index is 12.0. The lowest BCUT2D eigenvalue weighted by molar-refractivity contribution is -0.198. The highest BCUT2D eigenvalue weighted by Crippen LogP contribution is 2.24. The molecule has 1 rings (SSSR count). The van der Waals surface area contributed by atoms with E-state index in [0.717, 1.165) is 11.5 Å². The fourth-order valence-corrected chi connectivity index (χ4v) is 1.66. The van der Waals surface area contributed by atoms with Gasteiger partial charge in [0.25, 0.3) is 0 Å². The van der Waals surface area contributed by atoms with E-state index in [2.05, 4.69) is 14.7 Å². The first-order valence-corrected chi connectivity index (χ1v) is 5.71. The molecule has 0 radical (unpaired) electrons. The molecular formula is C9H14F3N3OS. The molecule has 0 aromatic carbocycles. The molecule has 0 fully saturated rings. The first-order valence-electron chi connectivity index (χ1n) is 4.93. The number of nitrogens with one attached hydrogen (secondary N) is 1. The zero-order chi connectivity index (χ0) is 13.3. The van der Waals surface area contributed by atoms with Crippen LogP contribution in [0.25, 0.3) is 0 Å². The number of anilines is 1. The molecular weight excluding hydrogens is 255 g/mol. The number of hydrogen-bond acceptors (Lipinski definition) is 5. The van der Waals surface area contributed by atoms with Crippen molar-refractivity contribution in [2.24, 2.45) is 0 Å². The lowest BCUT2D eigenvalue weighted by Crippen LogP contribution is -2.35. The van der Waals surface area contributed by atoms with Crippen LogP contribution in [0, 0.1) is 0 Å². The smallest absolute Gasteiger partial charge is 0.382 e. The molecule has 0 aliphatic carbocycles. The number of aliphatic hydroxyl groups is 1. The van der Waals surface area contributed by atoms with Gasteiger partial charge in [0, 0.05) is 16.9 Å². The largest absolute Gasteiger partial charge is 0.416 e. The molecule has 4 nitrogen and oxygen atoms in total. The summed E-state index contributed by atoms with van der Waals surface area (Å²) >= 11 is 0.978. The summed E-state index contributed by atoms with van der Waals surface area (Å²) in [6.45, 7) is 5.10.